The second kappa shape index (κ2) is 7.42. The van der Waals surface area contributed by atoms with Gasteiger partial charge in [-0.25, -0.2) is 0 Å². The highest BCUT2D eigenvalue weighted by Gasteiger charge is 2.31. The lowest BCUT2D eigenvalue weighted by Gasteiger charge is -2.36. The van der Waals surface area contributed by atoms with E-state index in [1.54, 1.807) is 0 Å². The summed E-state index contributed by atoms with van der Waals surface area (Å²) in [4.78, 5) is 26.3. The summed E-state index contributed by atoms with van der Waals surface area (Å²) in [5.74, 6) is 0.482. The van der Waals surface area contributed by atoms with Crippen molar-refractivity contribution >= 4 is 11.8 Å². The number of carbonyl (C=O) groups excluding carboxylic acids is 2. The zero-order valence-electron chi connectivity index (χ0n) is 14.0. The number of amides is 2. The fourth-order valence-electron chi connectivity index (χ4n) is 2.86. The summed E-state index contributed by atoms with van der Waals surface area (Å²) < 4.78 is 5.55. The highest BCUT2D eigenvalue weighted by Crippen LogP contribution is 2.19. The van der Waals surface area contributed by atoms with Crippen molar-refractivity contribution < 1.29 is 14.3 Å². The van der Waals surface area contributed by atoms with Crippen LogP contribution in [0.3, 0.4) is 0 Å². The van der Waals surface area contributed by atoms with Crippen LogP contribution in [0.25, 0.3) is 0 Å². The Balaban J connectivity index is 1.81. The Kier molecular flexibility index (Phi) is 5.81. The zero-order valence-corrected chi connectivity index (χ0v) is 14.0. The fourth-order valence-corrected chi connectivity index (χ4v) is 2.86. The van der Waals surface area contributed by atoms with Crippen LogP contribution in [0.1, 0.15) is 33.6 Å². The second-order valence-electron chi connectivity index (χ2n) is 7.32. The third kappa shape index (κ3) is 4.68. The van der Waals surface area contributed by atoms with E-state index in [1.807, 2.05) is 25.7 Å². The van der Waals surface area contributed by atoms with Gasteiger partial charge in [0.2, 0.25) is 5.91 Å². The van der Waals surface area contributed by atoms with Gasteiger partial charge in [-0.15, -0.1) is 0 Å². The molecule has 0 aromatic heterocycles. The monoisotopic (exact) mass is 311 g/mol. The molecule has 0 spiro atoms. The minimum absolute atomic E-state index is 0.0655. The van der Waals surface area contributed by atoms with Crippen LogP contribution in [0.15, 0.2) is 0 Å². The average Bonchev–Trinajstić information content (AvgIpc) is 2.52. The minimum Gasteiger partial charge on any atom is -0.366 e. The number of carbonyl (C=O) groups is 2. The summed E-state index contributed by atoms with van der Waals surface area (Å²) in [6, 6.07) is 0. The first-order valence-electron chi connectivity index (χ1n) is 8.27. The molecule has 2 rings (SSSR count). The fraction of sp³-hybridized carbons (Fsp3) is 0.875. The quantitative estimate of drug-likeness (QED) is 0.790. The highest BCUT2D eigenvalue weighted by molar-refractivity contribution is 5.82. The molecule has 2 amide bonds. The maximum Gasteiger partial charge on any atom is 0.253 e. The van der Waals surface area contributed by atoms with Gasteiger partial charge in [-0.3, -0.25) is 9.59 Å². The first kappa shape index (κ1) is 17.2. The van der Waals surface area contributed by atoms with Crippen molar-refractivity contribution in [2.24, 2.45) is 11.3 Å². The number of ether oxygens (including phenoxy) is 1. The Labute approximate surface area is 132 Å². The lowest BCUT2D eigenvalue weighted by molar-refractivity contribution is -0.147. The Morgan fingerprint density at radius 1 is 1.36 bits per heavy atom. The topological polar surface area (TPSA) is 70.7 Å². The molecule has 2 atom stereocenters. The number of nitrogens with zero attached hydrogens (tertiary/aromatic N) is 1. The van der Waals surface area contributed by atoms with Crippen LogP contribution in [0.5, 0.6) is 0 Å². The van der Waals surface area contributed by atoms with Crippen LogP contribution in [-0.2, 0) is 14.3 Å². The van der Waals surface area contributed by atoms with Crippen molar-refractivity contribution in [2.45, 2.75) is 39.7 Å². The summed E-state index contributed by atoms with van der Waals surface area (Å²) >= 11 is 0. The van der Waals surface area contributed by atoms with Crippen LogP contribution in [0.2, 0.25) is 0 Å². The molecule has 0 bridgehead atoms. The van der Waals surface area contributed by atoms with Crippen molar-refractivity contribution in [2.75, 3.05) is 39.3 Å². The van der Waals surface area contributed by atoms with E-state index in [9.17, 15) is 9.59 Å². The van der Waals surface area contributed by atoms with Crippen molar-refractivity contribution in [1.29, 1.82) is 0 Å². The predicted molar refractivity (Wildman–Crippen MR) is 84.4 cm³/mol. The smallest absolute Gasteiger partial charge is 0.253 e. The van der Waals surface area contributed by atoms with E-state index in [0.717, 1.165) is 25.9 Å². The first-order chi connectivity index (χ1) is 10.4. The lowest BCUT2D eigenvalue weighted by atomic mass is 9.94. The van der Waals surface area contributed by atoms with Crippen LogP contribution in [-0.4, -0.2) is 62.1 Å². The van der Waals surface area contributed by atoms with Gasteiger partial charge < -0.3 is 20.3 Å². The van der Waals surface area contributed by atoms with Gasteiger partial charge >= 0.3 is 0 Å². The van der Waals surface area contributed by atoms with Crippen molar-refractivity contribution in [3.63, 3.8) is 0 Å². The second-order valence-corrected chi connectivity index (χ2v) is 7.32. The third-order valence-electron chi connectivity index (χ3n) is 4.27. The molecule has 0 aromatic carbocycles. The van der Waals surface area contributed by atoms with Gasteiger partial charge in [0, 0.05) is 38.1 Å². The average molecular weight is 311 g/mol. The maximum absolute atomic E-state index is 12.5. The standard InChI is InChI=1S/C16H29N3O3/c1-16(2,3)15(21)18-9-12-5-4-7-19(11-12)14(20)13-10-17-6-8-22-13/h12-13,17H,4-11H2,1-3H3,(H,18,21). The van der Waals surface area contributed by atoms with E-state index in [-0.39, 0.29) is 23.3 Å². The Morgan fingerprint density at radius 3 is 2.77 bits per heavy atom. The molecule has 0 aromatic rings. The molecule has 0 aliphatic carbocycles. The van der Waals surface area contributed by atoms with E-state index in [1.165, 1.54) is 0 Å². The van der Waals surface area contributed by atoms with E-state index in [0.29, 0.717) is 32.2 Å². The molecule has 2 saturated heterocycles. The highest BCUT2D eigenvalue weighted by atomic mass is 16.5. The predicted octanol–water partition coefficient (Wildman–Crippen LogP) is 0.376. The van der Waals surface area contributed by atoms with Crippen molar-refractivity contribution in [3.8, 4) is 0 Å². The van der Waals surface area contributed by atoms with Gasteiger partial charge in [0.05, 0.1) is 6.61 Å². The number of piperidine rings is 1. The van der Waals surface area contributed by atoms with Gasteiger partial charge in [-0.1, -0.05) is 20.8 Å². The summed E-state index contributed by atoms with van der Waals surface area (Å²) in [5.41, 5.74) is -0.369. The molecule has 126 valence electrons. The first-order valence-corrected chi connectivity index (χ1v) is 8.27. The summed E-state index contributed by atoms with van der Waals surface area (Å²) in [5, 5.41) is 6.20. The summed E-state index contributed by atoms with van der Waals surface area (Å²) in [6.07, 6.45) is 1.69. The Bertz CT molecular complexity index is 400. The van der Waals surface area contributed by atoms with Gasteiger partial charge in [-0.2, -0.15) is 0 Å². The zero-order chi connectivity index (χ0) is 16.2. The van der Waals surface area contributed by atoms with E-state index >= 15 is 0 Å². The van der Waals surface area contributed by atoms with Gasteiger partial charge in [0.1, 0.15) is 6.10 Å². The Morgan fingerprint density at radius 2 is 2.14 bits per heavy atom. The van der Waals surface area contributed by atoms with Gasteiger partial charge in [0.15, 0.2) is 0 Å². The molecular formula is C16H29N3O3. The van der Waals surface area contributed by atoms with Crippen molar-refractivity contribution in [3.05, 3.63) is 0 Å². The third-order valence-corrected chi connectivity index (χ3v) is 4.27. The number of morpholine rings is 1. The molecule has 2 heterocycles. The van der Waals surface area contributed by atoms with Gasteiger partial charge in [-0.05, 0) is 18.8 Å². The molecule has 2 N–H and O–H groups in total. The molecule has 2 aliphatic heterocycles. The van der Waals surface area contributed by atoms with Crippen LogP contribution < -0.4 is 10.6 Å². The summed E-state index contributed by atoms with van der Waals surface area (Å²) in [7, 11) is 0. The molecule has 0 saturated carbocycles. The number of hydrogen-bond acceptors (Lipinski definition) is 4. The van der Waals surface area contributed by atoms with E-state index in [2.05, 4.69) is 10.6 Å². The molecule has 2 fully saturated rings. The molecule has 6 nitrogen and oxygen atoms in total. The van der Waals surface area contributed by atoms with Gasteiger partial charge in [0.25, 0.3) is 5.91 Å². The molecular weight excluding hydrogens is 282 g/mol. The van der Waals surface area contributed by atoms with Crippen LogP contribution >= 0.6 is 0 Å². The maximum atomic E-state index is 12.5. The van der Waals surface area contributed by atoms with Crippen molar-refractivity contribution in [1.82, 2.24) is 15.5 Å². The minimum atomic E-state index is -0.369. The van der Waals surface area contributed by atoms with Crippen LogP contribution in [0.4, 0.5) is 0 Å². The van der Waals surface area contributed by atoms with E-state index < -0.39 is 0 Å². The number of rotatable bonds is 3. The molecule has 0 radical (unpaired) electrons. The SMILES string of the molecule is CC(C)(C)C(=O)NCC1CCCN(C(=O)C2CNCCO2)C1. The number of likely N-dealkylation sites (tertiary alicyclic amines) is 1. The normalized spacial score (nSPS) is 26.6. The lowest BCUT2D eigenvalue weighted by Crippen LogP contribution is -2.52. The van der Waals surface area contributed by atoms with Crippen LogP contribution in [0, 0.1) is 11.3 Å². The molecule has 6 heteroatoms. The number of hydrogen-bond donors (Lipinski definition) is 2. The Hall–Kier alpha value is -1.14. The largest absolute Gasteiger partial charge is 0.366 e. The summed E-state index contributed by atoms with van der Waals surface area (Å²) in [6.45, 7) is 9.88. The van der Waals surface area contributed by atoms with E-state index in [4.69, 9.17) is 4.74 Å². The molecule has 22 heavy (non-hydrogen) atoms. The molecule has 2 aliphatic rings. The number of nitrogens with one attached hydrogen (secondary N) is 2. The molecule has 2 unspecified atom stereocenters.